The quantitative estimate of drug-likeness (QED) is 0.0324. The topological polar surface area (TPSA) is 290 Å². The number of nitrogens with two attached hydrogens (primary N) is 1. The number of rotatable bonds is 24. The van der Waals surface area contributed by atoms with Gasteiger partial charge < -0.3 is 37.1 Å². The molecule has 1 aliphatic heterocycles. The van der Waals surface area contributed by atoms with E-state index in [0.29, 0.717) is 36.9 Å². The minimum Gasteiger partial charge on any atom is -0.461 e. The van der Waals surface area contributed by atoms with Crippen molar-refractivity contribution in [2.45, 2.75) is 96.9 Å². The van der Waals surface area contributed by atoms with Crippen LogP contribution in [0, 0.1) is 5.92 Å². The zero-order valence-electron chi connectivity index (χ0n) is 31.1. The van der Waals surface area contributed by atoms with E-state index in [1.807, 2.05) is 0 Å². The number of hydrogen-bond donors (Lipinski definition) is 7. The van der Waals surface area contributed by atoms with Crippen molar-refractivity contribution >= 4 is 63.2 Å². The minimum atomic E-state index is -4.79. The molecule has 1 aliphatic rings. The molecular formula is C35H51N7O12S. The van der Waals surface area contributed by atoms with Gasteiger partial charge in [-0.2, -0.15) is 8.42 Å². The van der Waals surface area contributed by atoms with E-state index in [2.05, 4.69) is 26.6 Å². The number of esters is 1. The molecule has 8 N–H and O–H groups in total. The summed E-state index contributed by atoms with van der Waals surface area (Å²) in [7, 11) is -4.79. The Morgan fingerprint density at radius 2 is 1.49 bits per heavy atom. The fourth-order valence-electron chi connectivity index (χ4n) is 5.23. The second-order valence-electron chi connectivity index (χ2n) is 13.1. The van der Waals surface area contributed by atoms with Gasteiger partial charge in [0.05, 0.1) is 0 Å². The summed E-state index contributed by atoms with van der Waals surface area (Å²) < 4.78 is 38.2. The van der Waals surface area contributed by atoms with Crippen molar-refractivity contribution in [2.24, 2.45) is 11.7 Å². The van der Waals surface area contributed by atoms with Crippen molar-refractivity contribution in [3.8, 4) is 0 Å². The highest BCUT2D eigenvalue weighted by molar-refractivity contribution is 7.85. The molecule has 0 radical (unpaired) electrons. The monoisotopic (exact) mass is 793 g/mol. The standard InChI is InChI=1S/C35H51N7O12S/c1-4-30(46)54-20-23-12-14-24(15-13-23)38-32(47)25(10-7-8-18-37-35(36)50)40-34(49)31(22(2)3)41-33(48)26(21-55(51,52)53)39-27(43)11-6-5-9-19-42-28(44)16-17-29(42)45/h12-17,22,25-26,31H,4-11,18-21H2,1-3H3,(H,38,47)(H,39,43)(H,40,49)(H,41,48)(H3,36,37,50)(H,51,52,53)/t25-,26-,31-/m1/s1. The van der Waals surface area contributed by atoms with E-state index < -0.39 is 81.4 Å². The predicted molar refractivity (Wildman–Crippen MR) is 198 cm³/mol. The number of carbonyl (C=O) groups is 8. The number of amides is 8. The molecule has 20 heteroatoms. The van der Waals surface area contributed by atoms with Crippen molar-refractivity contribution in [1.29, 1.82) is 0 Å². The Morgan fingerprint density at radius 3 is 2.07 bits per heavy atom. The van der Waals surface area contributed by atoms with E-state index in [9.17, 15) is 51.3 Å². The Labute approximate surface area is 319 Å². The van der Waals surface area contributed by atoms with Crippen LogP contribution in [0.2, 0.25) is 0 Å². The normalized spacial score (nSPS) is 14.2. The average Bonchev–Trinajstić information content (AvgIpc) is 3.43. The molecule has 3 atom stereocenters. The van der Waals surface area contributed by atoms with Crippen LogP contribution in [-0.2, 0) is 55.0 Å². The molecule has 19 nitrogen and oxygen atoms in total. The minimum absolute atomic E-state index is 0.0430. The summed E-state index contributed by atoms with van der Waals surface area (Å²) in [4.78, 5) is 100.0. The Balaban J connectivity index is 2.09. The van der Waals surface area contributed by atoms with Crippen molar-refractivity contribution in [3.63, 3.8) is 0 Å². The number of carbonyl (C=O) groups excluding carboxylic acids is 8. The van der Waals surface area contributed by atoms with Crippen LogP contribution in [0.4, 0.5) is 10.5 Å². The van der Waals surface area contributed by atoms with Gasteiger partial charge in [-0.25, -0.2) is 4.79 Å². The molecule has 0 aromatic heterocycles. The Kier molecular flexibility index (Phi) is 18.9. The summed E-state index contributed by atoms with van der Waals surface area (Å²) in [5, 5.41) is 12.5. The van der Waals surface area contributed by atoms with Gasteiger partial charge in [0, 0.05) is 43.8 Å². The van der Waals surface area contributed by atoms with Crippen LogP contribution in [0.5, 0.6) is 0 Å². The largest absolute Gasteiger partial charge is 0.461 e. The van der Waals surface area contributed by atoms with Gasteiger partial charge in [-0.1, -0.05) is 39.3 Å². The molecule has 8 amide bonds. The summed E-state index contributed by atoms with van der Waals surface area (Å²) in [6.07, 6.45) is 4.35. The molecule has 0 unspecified atom stereocenters. The molecular weight excluding hydrogens is 742 g/mol. The highest BCUT2D eigenvalue weighted by atomic mass is 32.2. The summed E-state index contributed by atoms with van der Waals surface area (Å²) in [6, 6.07) is 1.48. The summed E-state index contributed by atoms with van der Waals surface area (Å²) in [6.45, 7) is 5.25. The van der Waals surface area contributed by atoms with Crippen molar-refractivity contribution in [2.75, 3.05) is 24.2 Å². The number of ether oxygens (including phenoxy) is 1. The van der Waals surface area contributed by atoms with Crippen LogP contribution in [-0.4, -0.2) is 102 Å². The van der Waals surface area contributed by atoms with Crippen molar-refractivity contribution in [1.82, 2.24) is 26.2 Å². The number of benzene rings is 1. The first-order valence-electron chi connectivity index (χ1n) is 17.9. The Morgan fingerprint density at radius 1 is 0.836 bits per heavy atom. The van der Waals surface area contributed by atoms with Crippen LogP contribution in [0.1, 0.15) is 77.7 Å². The van der Waals surface area contributed by atoms with E-state index in [0.717, 1.165) is 17.1 Å². The molecule has 0 bridgehead atoms. The molecule has 0 spiro atoms. The van der Waals surface area contributed by atoms with Crippen LogP contribution in [0.15, 0.2) is 36.4 Å². The van der Waals surface area contributed by atoms with Gasteiger partial charge in [0.2, 0.25) is 23.6 Å². The highest BCUT2D eigenvalue weighted by Crippen LogP contribution is 2.14. The number of urea groups is 1. The molecule has 0 saturated heterocycles. The molecule has 2 rings (SSSR count). The zero-order valence-corrected chi connectivity index (χ0v) is 31.9. The summed E-state index contributed by atoms with van der Waals surface area (Å²) >= 11 is 0. The van der Waals surface area contributed by atoms with Crippen LogP contribution < -0.4 is 32.3 Å². The second-order valence-corrected chi connectivity index (χ2v) is 14.6. The molecule has 1 heterocycles. The third kappa shape index (κ3) is 17.5. The van der Waals surface area contributed by atoms with Crippen LogP contribution in [0.3, 0.4) is 0 Å². The maximum Gasteiger partial charge on any atom is 0.312 e. The average molecular weight is 794 g/mol. The summed E-state index contributed by atoms with van der Waals surface area (Å²) in [5.41, 5.74) is 6.15. The SMILES string of the molecule is CCC(=O)OCc1ccc(NC(=O)[C@@H](CCCCNC(N)=O)NC(=O)[C@H](NC(=O)[C@@H](CS(=O)(=O)O)NC(=O)CCCCCN2C(=O)C=CC2=O)C(C)C)cc1. The number of imide groups is 1. The number of primary amides is 1. The van der Waals surface area contributed by atoms with Crippen molar-refractivity contribution in [3.05, 3.63) is 42.0 Å². The molecule has 304 valence electrons. The van der Waals surface area contributed by atoms with Gasteiger partial charge in [-0.15, -0.1) is 0 Å². The number of hydrogen-bond acceptors (Lipinski definition) is 11. The lowest BCUT2D eigenvalue weighted by molar-refractivity contribution is -0.144. The lowest BCUT2D eigenvalue weighted by Gasteiger charge is -2.27. The van der Waals surface area contributed by atoms with Gasteiger partial charge in [0.15, 0.2) is 0 Å². The van der Waals surface area contributed by atoms with E-state index in [4.69, 9.17) is 10.5 Å². The van der Waals surface area contributed by atoms with Gasteiger partial charge in [0.25, 0.3) is 21.9 Å². The smallest absolute Gasteiger partial charge is 0.312 e. The number of nitrogens with zero attached hydrogens (tertiary/aromatic N) is 1. The second kappa shape index (κ2) is 22.8. The van der Waals surface area contributed by atoms with Gasteiger partial charge >= 0.3 is 12.0 Å². The summed E-state index contributed by atoms with van der Waals surface area (Å²) in [5.74, 6) is -6.23. The third-order valence-electron chi connectivity index (χ3n) is 8.22. The first kappa shape index (κ1) is 45.8. The third-order valence-corrected chi connectivity index (χ3v) is 8.98. The van der Waals surface area contributed by atoms with Crippen LogP contribution >= 0.6 is 0 Å². The zero-order chi connectivity index (χ0) is 41.1. The molecule has 1 aromatic carbocycles. The molecule has 55 heavy (non-hydrogen) atoms. The van der Waals surface area contributed by atoms with E-state index in [1.165, 1.54) is 0 Å². The fourth-order valence-corrected chi connectivity index (χ4v) is 5.88. The predicted octanol–water partition coefficient (Wildman–Crippen LogP) is 0.401. The highest BCUT2D eigenvalue weighted by Gasteiger charge is 2.33. The first-order valence-corrected chi connectivity index (χ1v) is 19.5. The maximum atomic E-state index is 13.6. The number of nitrogens with one attached hydrogen (secondary N) is 5. The molecule has 1 aromatic rings. The molecule has 0 fully saturated rings. The van der Waals surface area contributed by atoms with Gasteiger partial charge in [0.1, 0.15) is 30.5 Å². The number of anilines is 1. The number of unbranched alkanes of at least 4 members (excludes halogenated alkanes) is 3. The molecule has 0 saturated carbocycles. The lowest BCUT2D eigenvalue weighted by atomic mass is 10.0. The Bertz CT molecular complexity index is 1660. The first-order chi connectivity index (χ1) is 25.9. The maximum absolute atomic E-state index is 13.6. The fraction of sp³-hybridized carbons (Fsp3) is 0.543. The van der Waals surface area contributed by atoms with Crippen molar-refractivity contribution < 1.29 is 56.1 Å². The van der Waals surface area contributed by atoms with Gasteiger partial charge in [-0.3, -0.25) is 43.0 Å². The lowest BCUT2D eigenvalue weighted by Crippen LogP contribution is -2.58. The van der Waals surface area contributed by atoms with E-state index >= 15 is 0 Å². The van der Waals surface area contributed by atoms with E-state index in [1.54, 1.807) is 45.0 Å². The molecule has 0 aliphatic carbocycles. The Hall–Kier alpha value is -5.37. The van der Waals surface area contributed by atoms with E-state index in [-0.39, 0.29) is 51.3 Å². The van der Waals surface area contributed by atoms with Crippen LogP contribution in [0.25, 0.3) is 0 Å². The van der Waals surface area contributed by atoms with Gasteiger partial charge in [-0.05, 0) is 55.7 Å².